The number of aromatic nitrogens is 1. The number of nitro groups is 1. The van der Waals surface area contributed by atoms with Crippen LogP contribution in [-0.2, 0) is 11.3 Å². The average Bonchev–Trinajstić information content (AvgIpc) is 2.78. The average molecular weight is 407 g/mol. The molecule has 0 saturated heterocycles. The van der Waals surface area contributed by atoms with E-state index < -0.39 is 10.9 Å². The Labute approximate surface area is 173 Å². The first-order chi connectivity index (χ1) is 14.6. The Bertz CT molecular complexity index is 960. The molecule has 0 aliphatic carbocycles. The minimum atomic E-state index is -0.502. The van der Waals surface area contributed by atoms with Gasteiger partial charge in [0.25, 0.3) is 5.69 Å². The van der Waals surface area contributed by atoms with Crippen LogP contribution in [0.1, 0.15) is 22.3 Å². The van der Waals surface area contributed by atoms with Crippen molar-refractivity contribution >= 4 is 17.5 Å². The molecule has 0 amide bonds. The van der Waals surface area contributed by atoms with Gasteiger partial charge in [-0.25, -0.2) is 9.78 Å². The number of anilines is 1. The van der Waals surface area contributed by atoms with Crippen molar-refractivity contribution in [3.05, 3.63) is 94.2 Å². The Morgan fingerprint density at radius 1 is 1.03 bits per heavy atom. The van der Waals surface area contributed by atoms with E-state index in [4.69, 9.17) is 9.47 Å². The zero-order valence-electron chi connectivity index (χ0n) is 16.2. The maximum atomic E-state index is 12.1. The smallest absolute Gasteiger partial charge is 0.338 e. The Balaban J connectivity index is 1.35. The molecule has 3 aromatic rings. The highest BCUT2D eigenvalue weighted by Crippen LogP contribution is 2.15. The molecule has 0 aliphatic heterocycles. The molecule has 30 heavy (non-hydrogen) atoms. The van der Waals surface area contributed by atoms with E-state index in [9.17, 15) is 14.9 Å². The number of hydrogen-bond donors (Lipinski definition) is 1. The molecule has 0 aliphatic rings. The van der Waals surface area contributed by atoms with Crippen LogP contribution in [0.5, 0.6) is 5.75 Å². The molecule has 0 saturated carbocycles. The third-order valence-electron chi connectivity index (χ3n) is 4.16. The largest absolute Gasteiger partial charge is 0.489 e. The minimum Gasteiger partial charge on any atom is -0.489 e. The van der Waals surface area contributed by atoms with Gasteiger partial charge in [-0.3, -0.25) is 10.1 Å². The summed E-state index contributed by atoms with van der Waals surface area (Å²) in [6.45, 7) is 1.22. The number of pyridine rings is 1. The lowest BCUT2D eigenvalue weighted by atomic mass is 10.2. The van der Waals surface area contributed by atoms with E-state index in [0.29, 0.717) is 36.7 Å². The predicted molar refractivity (Wildman–Crippen MR) is 111 cm³/mol. The van der Waals surface area contributed by atoms with E-state index in [2.05, 4.69) is 10.3 Å². The van der Waals surface area contributed by atoms with Gasteiger partial charge >= 0.3 is 5.97 Å². The maximum absolute atomic E-state index is 12.1. The lowest BCUT2D eigenvalue weighted by molar-refractivity contribution is -0.385. The molecular weight excluding hydrogens is 386 g/mol. The van der Waals surface area contributed by atoms with E-state index in [1.165, 1.54) is 18.3 Å². The fraction of sp³-hybridized carbons (Fsp3) is 0.182. The predicted octanol–water partition coefficient (Wildman–Crippen LogP) is 4.23. The van der Waals surface area contributed by atoms with Crippen molar-refractivity contribution in [2.45, 2.75) is 13.0 Å². The molecule has 3 rings (SSSR count). The normalized spacial score (nSPS) is 10.3. The molecule has 0 atom stereocenters. The number of carbonyl (C=O) groups is 1. The van der Waals surface area contributed by atoms with Gasteiger partial charge in [0, 0.05) is 12.6 Å². The van der Waals surface area contributed by atoms with Crippen LogP contribution in [0.15, 0.2) is 72.9 Å². The van der Waals surface area contributed by atoms with E-state index in [-0.39, 0.29) is 12.3 Å². The van der Waals surface area contributed by atoms with Gasteiger partial charge in [0.1, 0.15) is 24.4 Å². The highest BCUT2D eigenvalue weighted by Gasteiger charge is 2.08. The number of rotatable bonds is 10. The lowest BCUT2D eigenvalue weighted by Crippen LogP contribution is -2.11. The van der Waals surface area contributed by atoms with Gasteiger partial charge in [0.2, 0.25) is 0 Å². The Kier molecular flexibility index (Phi) is 7.32. The number of hydrogen-bond acceptors (Lipinski definition) is 7. The fourth-order valence-electron chi connectivity index (χ4n) is 2.56. The van der Waals surface area contributed by atoms with E-state index in [1.807, 2.05) is 30.3 Å². The van der Waals surface area contributed by atoms with Crippen LogP contribution in [0.25, 0.3) is 0 Å². The summed E-state index contributed by atoms with van der Waals surface area (Å²) in [4.78, 5) is 26.2. The molecule has 0 fully saturated rings. The van der Waals surface area contributed by atoms with E-state index >= 15 is 0 Å². The Morgan fingerprint density at radius 2 is 1.80 bits per heavy atom. The van der Waals surface area contributed by atoms with Crippen molar-refractivity contribution in [2.75, 3.05) is 18.5 Å². The third kappa shape index (κ3) is 6.30. The second kappa shape index (κ2) is 10.6. The molecule has 8 heteroatoms. The minimum absolute atomic E-state index is 0.0639. The molecule has 2 aromatic carbocycles. The molecule has 154 valence electrons. The second-order valence-electron chi connectivity index (χ2n) is 6.37. The summed E-state index contributed by atoms with van der Waals surface area (Å²) in [5, 5.41) is 13.6. The number of esters is 1. The van der Waals surface area contributed by atoms with Crippen molar-refractivity contribution in [3.8, 4) is 5.75 Å². The van der Waals surface area contributed by atoms with Crippen LogP contribution in [0, 0.1) is 10.1 Å². The highest BCUT2D eigenvalue weighted by molar-refractivity contribution is 5.89. The van der Waals surface area contributed by atoms with Gasteiger partial charge < -0.3 is 14.8 Å². The van der Waals surface area contributed by atoms with Gasteiger partial charge in [-0.15, -0.1) is 0 Å². The quantitative estimate of drug-likeness (QED) is 0.232. The van der Waals surface area contributed by atoms with Crippen molar-refractivity contribution in [1.82, 2.24) is 4.98 Å². The molecule has 0 bridgehead atoms. The van der Waals surface area contributed by atoms with Crippen molar-refractivity contribution in [3.63, 3.8) is 0 Å². The Morgan fingerprint density at radius 3 is 2.47 bits per heavy atom. The SMILES string of the molecule is O=C(OCCCNc1ccc([N+](=O)[O-])cn1)c1ccc(OCc2ccccc2)cc1. The van der Waals surface area contributed by atoms with Gasteiger partial charge in [-0.2, -0.15) is 0 Å². The fourth-order valence-corrected chi connectivity index (χ4v) is 2.56. The number of nitrogens with zero attached hydrogens (tertiary/aromatic N) is 2. The van der Waals surface area contributed by atoms with Gasteiger partial charge in [-0.05, 0) is 42.3 Å². The van der Waals surface area contributed by atoms with Gasteiger partial charge in [-0.1, -0.05) is 30.3 Å². The summed E-state index contributed by atoms with van der Waals surface area (Å²) < 4.78 is 11.0. The zero-order chi connectivity index (χ0) is 21.2. The zero-order valence-corrected chi connectivity index (χ0v) is 16.2. The summed E-state index contributed by atoms with van der Waals surface area (Å²) >= 11 is 0. The van der Waals surface area contributed by atoms with Crippen LogP contribution in [-0.4, -0.2) is 29.0 Å². The number of ether oxygens (including phenoxy) is 2. The summed E-state index contributed by atoms with van der Waals surface area (Å²) in [5.74, 6) is 0.797. The van der Waals surface area contributed by atoms with Crippen LogP contribution in [0.4, 0.5) is 11.5 Å². The molecular formula is C22H21N3O5. The molecule has 8 nitrogen and oxygen atoms in total. The van der Waals surface area contributed by atoms with Crippen LogP contribution in [0.2, 0.25) is 0 Å². The van der Waals surface area contributed by atoms with E-state index in [0.717, 1.165) is 5.56 Å². The summed E-state index contributed by atoms with van der Waals surface area (Å²) in [5.41, 5.74) is 1.46. The first-order valence-electron chi connectivity index (χ1n) is 9.40. The van der Waals surface area contributed by atoms with Gasteiger partial charge in [0.05, 0.1) is 17.1 Å². The van der Waals surface area contributed by atoms with Crippen LogP contribution in [0.3, 0.4) is 0 Å². The molecule has 0 spiro atoms. The summed E-state index contributed by atoms with van der Waals surface area (Å²) in [6.07, 6.45) is 1.76. The van der Waals surface area contributed by atoms with Crippen molar-refractivity contribution in [2.24, 2.45) is 0 Å². The topological polar surface area (TPSA) is 104 Å². The first-order valence-corrected chi connectivity index (χ1v) is 9.40. The summed E-state index contributed by atoms with van der Waals surface area (Å²) in [7, 11) is 0. The third-order valence-corrected chi connectivity index (χ3v) is 4.16. The number of carbonyl (C=O) groups excluding carboxylic acids is 1. The van der Waals surface area contributed by atoms with Crippen LogP contribution >= 0.6 is 0 Å². The van der Waals surface area contributed by atoms with Crippen molar-refractivity contribution in [1.29, 1.82) is 0 Å². The van der Waals surface area contributed by atoms with Crippen molar-refractivity contribution < 1.29 is 19.2 Å². The monoisotopic (exact) mass is 407 g/mol. The molecule has 1 N–H and O–H groups in total. The Hall–Kier alpha value is -3.94. The number of benzene rings is 2. The molecule has 0 unspecified atom stereocenters. The standard InChI is InChI=1S/C22H21N3O5/c26-22(29-14-4-13-23-21-12-9-19(15-24-21)25(27)28)18-7-10-20(11-8-18)30-16-17-5-2-1-3-6-17/h1-3,5-12,15H,4,13-14,16H2,(H,23,24). The lowest BCUT2D eigenvalue weighted by Gasteiger charge is -2.08. The number of nitrogens with one attached hydrogen (secondary N) is 1. The highest BCUT2D eigenvalue weighted by atomic mass is 16.6. The van der Waals surface area contributed by atoms with E-state index in [1.54, 1.807) is 24.3 Å². The molecule has 1 heterocycles. The van der Waals surface area contributed by atoms with Crippen LogP contribution < -0.4 is 10.1 Å². The first kappa shape index (κ1) is 20.8. The van der Waals surface area contributed by atoms with Gasteiger partial charge in [0.15, 0.2) is 0 Å². The maximum Gasteiger partial charge on any atom is 0.338 e. The molecule has 0 radical (unpaired) electrons. The molecule has 1 aromatic heterocycles. The second-order valence-corrected chi connectivity index (χ2v) is 6.37. The summed E-state index contributed by atoms with van der Waals surface area (Å²) in [6, 6.07) is 19.6.